The van der Waals surface area contributed by atoms with Crippen LogP contribution in [0.2, 0.25) is 0 Å². The molecule has 1 fully saturated rings. The monoisotopic (exact) mass is 186 g/mol. The molecule has 0 spiro atoms. The third-order valence-corrected chi connectivity index (χ3v) is 2.61. The van der Waals surface area contributed by atoms with Crippen LogP contribution in [-0.4, -0.2) is 27.6 Å². The zero-order valence-corrected chi connectivity index (χ0v) is 7.62. The third kappa shape index (κ3) is 2.06. The maximum absolute atomic E-state index is 11.1. The number of carboxylic acids is 1. The molecule has 1 saturated carbocycles. The van der Waals surface area contributed by atoms with Crippen molar-refractivity contribution in [2.24, 2.45) is 5.92 Å². The number of carbonyl (C=O) groups excluding carboxylic acids is 1. The van der Waals surface area contributed by atoms with Gasteiger partial charge in [-0.25, -0.2) is 4.79 Å². The predicted octanol–water partition coefficient (Wildman–Crippen LogP) is 0.581. The van der Waals surface area contributed by atoms with Crippen molar-refractivity contribution in [1.82, 2.24) is 0 Å². The Labute approximate surface area is 76.6 Å². The molecule has 0 radical (unpaired) electrons. The lowest BCUT2D eigenvalue weighted by atomic mass is 9.76. The molecule has 0 aromatic carbocycles. The number of hydrogen-bond donors (Lipinski definition) is 2. The van der Waals surface area contributed by atoms with Gasteiger partial charge in [0.25, 0.3) is 0 Å². The number of Topliss-reactive ketones (excluding diaryl/α,β-unsaturated/α-hetero) is 1. The topological polar surface area (TPSA) is 74.6 Å². The average Bonchev–Trinajstić information content (AvgIpc) is 2.02. The molecule has 4 heteroatoms. The number of carbonyl (C=O) groups is 2. The van der Waals surface area contributed by atoms with Gasteiger partial charge in [0, 0.05) is 12.8 Å². The molecular formula is C9H14O4. The van der Waals surface area contributed by atoms with Crippen molar-refractivity contribution < 1.29 is 19.8 Å². The van der Waals surface area contributed by atoms with E-state index >= 15 is 0 Å². The van der Waals surface area contributed by atoms with Gasteiger partial charge in [-0.15, -0.1) is 0 Å². The Balaban J connectivity index is 2.77. The summed E-state index contributed by atoms with van der Waals surface area (Å²) in [6.45, 7) is 1.89. The molecule has 0 bridgehead atoms. The summed E-state index contributed by atoms with van der Waals surface area (Å²) in [5, 5.41) is 18.3. The maximum atomic E-state index is 11.1. The second-order valence-electron chi connectivity index (χ2n) is 3.73. The summed E-state index contributed by atoms with van der Waals surface area (Å²) < 4.78 is 0. The van der Waals surface area contributed by atoms with Crippen LogP contribution in [0.25, 0.3) is 0 Å². The minimum Gasteiger partial charge on any atom is -0.479 e. The highest BCUT2D eigenvalue weighted by Gasteiger charge is 2.43. The van der Waals surface area contributed by atoms with Gasteiger partial charge in [0.05, 0.1) is 0 Å². The van der Waals surface area contributed by atoms with Gasteiger partial charge >= 0.3 is 5.97 Å². The first-order chi connectivity index (χ1) is 5.98. The van der Waals surface area contributed by atoms with Crippen LogP contribution in [0, 0.1) is 5.92 Å². The largest absolute Gasteiger partial charge is 0.479 e. The minimum atomic E-state index is -1.81. The normalized spacial score (nSPS) is 34.6. The van der Waals surface area contributed by atoms with Crippen molar-refractivity contribution in [2.75, 3.05) is 0 Å². The van der Waals surface area contributed by atoms with Crippen LogP contribution in [0.1, 0.15) is 32.6 Å². The summed E-state index contributed by atoms with van der Waals surface area (Å²) in [5.74, 6) is -1.41. The summed E-state index contributed by atoms with van der Waals surface area (Å²) >= 11 is 0. The molecule has 0 aromatic rings. The van der Waals surface area contributed by atoms with Crippen LogP contribution < -0.4 is 0 Å². The summed E-state index contributed by atoms with van der Waals surface area (Å²) in [6.07, 6.45) is 1.11. The number of hydrogen-bond acceptors (Lipinski definition) is 3. The van der Waals surface area contributed by atoms with Crippen LogP contribution in [0.5, 0.6) is 0 Å². The zero-order chi connectivity index (χ0) is 10.1. The van der Waals surface area contributed by atoms with Crippen molar-refractivity contribution >= 4 is 11.8 Å². The van der Waals surface area contributed by atoms with Crippen molar-refractivity contribution in [3.8, 4) is 0 Å². The Kier molecular flexibility index (Phi) is 2.71. The molecule has 0 saturated heterocycles. The summed E-state index contributed by atoms with van der Waals surface area (Å²) in [5.41, 5.74) is -1.81. The standard InChI is InChI=1S/C9H14O4/c1-2-6-3-7(10)5-9(13,4-6)8(11)12/h6,13H,2-5H2,1H3,(H,11,12). The van der Waals surface area contributed by atoms with E-state index in [0.717, 1.165) is 6.42 Å². The number of carboxylic acid groups (broad SMARTS) is 1. The average molecular weight is 186 g/mol. The third-order valence-electron chi connectivity index (χ3n) is 2.61. The van der Waals surface area contributed by atoms with E-state index in [9.17, 15) is 14.7 Å². The van der Waals surface area contributed by atoms with Crippen molar-refractivity contribution in [1.29, 1.82) is 0 Å². The fraction of sp³-hybridized carbons (Fsp3) is 0.778. The Morgan fingerprint density at radius 2 is 2.31 bits per heavy atom. The van der Waals surface area contributed by atoms with E-state index in [-0.39, 0.29) is 24.5 Å². The molecule has 1 rings (SSSR count). The first-order valence-electron chi connectivity index (χ1n) is 4.45. The van der Waals surface area contributed by atoms with Gasteiger partial charge < -0.3 is 10.2 Å². The first-order valence-corrected chi connectivity index (χ1v) is 4.45. The van der Waals surface area contributed by atoms with E-state index in [1.165, 1.54) is 0 Å². The Morgan fingerprint density at radius 3 is 2.77 bits per heavy atom. The molecule has 2 atom stereocenters. The minimum absolute atomic E-state index is 0.0161. The zero-order valence-electron chi connectivity index (χ0n) is 7.62. The lowest BCUT2D eigenvalue weighted by Gasteiger charge is -2.31. The molecule has 13 heavy (non-hydrogen) atoms. The van der Waals surface area contributed by atoms with E-state index in [0.29, 0.717) is 6.42 Å². The summed E-state index contributed by atoms with van der Waals surface area (Å²) in [4.78, 5) is 21.8. The highest BCUT2D eigenvalue weighted by Crippen LogP contribution is 2.32. The molecule has 0 amide bonds. The molecule has 2 N–H and O–H groups in total. The van der Waals surface area contributed by atoms with Gasteiger partial charge in [-0.2, -0.15) is 0 Å². The lowest BCUT2D eigenvalue weighted by molar-refractivity contribution is -0.166. The summed E-state index contributed by atoms with van der Waals surface area (Å²) in [7, 11) is 0. The number of aliphatic hydroxyl groups is 1. The molecule has 74 valence electrons. The van der Waals surface area contributed by atoms with Crippen LogP contribution in [0.15, 0.2) is 0 Å². The Hall–Kier alpha value is -0.900. The molecule has 0 heterocycles. The molecule has 0 aromatic heterocycles. The van der Waals surface area contributed by atoms with Gasteiger partial charge in [-0.1, -0.05) is 13.3 Å². The van der Waals surface area contributed by atoms with E-state index in [2.05, 4.69) is 0 Å². The van der Waals surface area contributed by atoms with E-state index in [1.54, 1.807) is 0 Å². The second kappa shape index (κ2) is 3.46. The highest BCUT2D eigenvalue weighted by molar-refractivity contribution is 5.89. The Morgan fingerprint density at radius 1 is 1.69 bits per heavy atom. The van der Waals surface area contributed by atoms with Gasteiger partial charge in [0.1, 0.15) is 5.78 Å². The quantitative estimate of drug-likeness (QED) is 0.661. The molecule has 1 aliphatic rings. The molecule has 4 nitrogen and oxygen atoms in total. The van der Waals surface area contributed by atoms with E-state index in [1.807, 2.05) is 6.92 Å². The number of aliphatic carboxylic acids is 1. The van der Waals surface area contributed by atoms with Crippen molar-refractivity contribution in [3.05, 3.63) is 0 Å². The maximum Gasteiger partial charge on any atom is 0.336 e. The van der Waals surface area contributed by atoms with Crippen LogP contribution in [-0.2, 0) is 9.59 Å². The van der Waals surface area contributed by atoms with Gasteiger partial charge in [0.2, 0.25) is 0 Å². The van der Waals surface area contributed by atoms with Crippen molar-refractivity contribution in [3.63, 3.8) is 0 Å². The second-order valence-corrected chi connectivity index (χ2v) is 3.73. The van der Waals surface area contributed by atoms with Crippen molar-refractivity contribution in [2.45, 2.75) is 38.2 Å². The lowest BCUT2D eigenvalue weighted by Crippen LogP contribution is -2.46. The smallest absolute Gasteiger partial charge is 0.336 e. The van der Waals surface area contributed by atoms with Crippen LogP contribution >= 0.6 is 0 Å². The SMILES string of the molecule is CCC1CC(=O)CC(O)(C(=O)O)C1. The fourth-order valence-corrected chi connectivity index (χ4v) is 1.79. The molecular weight excluding hydrogens is 172 g/mol. The number of ketones is 1. The fourth-order valence-electron chi connectivity index (χ4n) is 1.79. The van der Waals surface area contributed by atoms with Crippen LogP contribution in [0.4, 0.5) is 0 Å². The van der Waals surface area contributed by atoms with E-state index < -0.39 is 11.6 Å². The molecule has 0 aliphatic heterocycles. The Bertz CT molecular complexity index is 236. The predicted molar refractivity (Wildman–Crippen MR) is 45.2 cm³/mol. The first kappa shape index (κ1) is 10.2. The highest BCUT2D eigenvalue weighted by atomic mass is 16.4. The van der Waals surface area contributed by atoms with Crippen LogP contribution in [0.3, 0.4) is 0 Å². The van der Waals surface area contributed by atoms with Gasteiger partial charge in [0.15, 0.2) is 5.60 Å². The number of rotatable bonds is 2. The molecule has 2 unspecified atom stereocenters. The molecule has 1 aliphatic carbocycles. The van der Waals surface area contributed by atoms with E-state index in [4.69, 9.17) is 5.11 Å². The van der Waals surface area contributed by atoms with Gasteiger partial charge in [-0.3, -0.25) is 4.79 Å². The van der Waals surface area contributed by atoms with Gasteiger partial charge in [-0.05, 0) is 12.3 Å². The summed E-state index contributed by atoms with van der Waals surface area (Å²) in [6, 6.07) is 0.